The highest BCUT2D eigenvalue weighted by atomic mass is 32.2. The molecule has 0 saturated carbocycles. The lowest BCUT2D eigenvalue weighted by molar-refractivity contribution is 0.411. The molecule has 0 unspecified atom stereocenters. The molecule has 0 aliphatic carbocycles. The summed E-state index contributed by atoms with van der Waals surface area (Å²) in [6.07, 6.45) is 0. The van der Waals surface area contributed by atoms with E-state index in [-0.39, 0.29) is 5.88 Å². The van der Waals surface area contributed by atoms with E-state index in [9.17, 15) is 8.42 Å². The zero-order chi connectivity index (χ0) is 13.1. The Morgan fingerprint density at radius 3 is 2.41 bits per heavy atom. The first-order valence-corrected chi connectivity index (χ1v) is 7.16. The second-order valence-electron chi connectivity index (χ2n) is 3.95. The Balaban J connectivity index is 3.19. The van der Waals surface area contributed by atoms with Gasteiger partial charge in [0.15, 0.2) is 9.84 Å². The van der Waals surface area contributed by atoms with Crippen LogP contribution in [-0.2, 0) is 9.84 Å². The SMILES string of the molecule is CCNCS(=O)(=O)c1cc(C)c(OC)cc1C. The summed E-state index contributed by atoms with van der Waals surface area (Å²) < 4.78 is 29.3. The second kappa shape index (κ2) is 5.51. The molecule has 0 amide bonds. The number of nitrogens with one attached hydrogen (secondary N) is 1. The number of aryl methyl sites for hydroxylation is 2. The predicted molar refractivity (Wildman–Crippen MR) is 68.2 cm³/mol. The fourth-order valence-corrected chi connectivity index (χ4v) is 3.17. The Morgan fingerprint density at radius 2 is 1.88 bits per heavy atom. The maximum Gasteiger partial charge on any atom is 0.191 e. The van der Waals surface area contributed by atoms with E-state index in [0.29, 0.717) is 22.8 Å². The van der Waals surface area contributed by atoms with Gasteiger partial charge in [-0.2, -0.15) is 0 Å². The van der Waals surface area contributed by atoms with Crippen molar-refractivity contribution in [2.45, 2.75) is 25.7 Å². The number of hydrogen-bond acceptors (Lipinski definition) is 4. The Bertz CT molecular complexity index is 495. The summed E-state index contributed by atoms with van der Waals surface area (Å²) in [6, 6.07) is 3.43. The van der Waals surface area contributed by atoms with E-state index >= 15 is 0 Å². The minimum absolute atomic E-state index is 0.0316. The van der Waals surface area contributed by atoms with Crippen LogP contribution in [0.4, 0.5) is 0 Å². The molecule has 5 heteroatoms. The van der Waals surface area contributed by atoms with Crippen LogP contribution < -0.4 is 10.1 Å². The minimum atomic E-state index is -3.27. The zero-order valence-electron chi connectivity index (χ0n) is 10.7. The molecule has 0 bridgehead atoms. The minimum Gasteiger partial charge on any atom is -0.496 e. The average molecular weight is 257 g/mol. The molecule has 0 atom stereocenters. The number of hydrogen-bond donors (Lipinski definition) is 1. The third-order valence-corrected chi connectivity index (χ3v) is 4.26. The summed E-state index contributed by atoms with van der Waals surface area (Å²) in [6.45, 7) is 6.13. The smallest absolute Gasteiger partial charge is 0.191 e. The zero-order valence-corrected chi connectivity index (χ0v) is 11.5. The van der Waals surface area contributed by atoms with Gasteiger partial charge in [0.25, 0.3) is 0 Å². The molecule has 4 nitrogen and oxygen atoms in total. The van der Waals surface area contributed by atoms with Crippen molar-refractivity contribution in [2.24, 2.45) is 0 Å². The molecule has 1 N–H and O–H groups in total. The molecular formula is C12H19NO3S. The number of methoxy groups -OCH3 is 1. The first-order valence-electron chi connectivity index (χ1n) is 5.51. The highest BCUT2D eigenvalue weighted by molar-refractivity contribution is 7.91. The van der Waals surface area contributed by atoms with Gasteiger partial charge in [0.05, 0.1) is 12.0 Å². The van der Waals surface area contributed by atoms with Crippen LogP contribution in [-0.4, -0.2) is 27.9 Å². The van der Waals surface area contributed by atoms with Gasteiger partial charge < -0.3 is 10.1 Å². The van der Waals surface area contributed by atoms with Gasteiger partial charge in [0, 0.05) is 0 Å². The predicted octanol–water partition coefficient (Wildman–Crippen LogP) is 1.65. The summed E-state index contributed by atoms with van der Waals surface area (Å²) in [7, 11) is -1.69. The maximum atomic E-state index is 12.1. The molecule has 0 fully saturated rings. The lowest BCUT2D eigenvalue weighted by Crippen LogP contribution is -2.23. The molecule has 0 radical (unpaired) electrons. The summed E-state index contributed by atoms with van der Waals surface area (Å²) in [5, 5.41) is 2.84. The molecule has 1 rings (SSSR count). The summed E-state index contributed by atoms with van der Waals surface area (Å²) >= 11 is 0. The Kier molecular flexibility index (Phi) is 4.54. The lowest BCUT2D eigenvalue weighted by Gasteiger charge is -2.12. The van der Waals surface area contributed by atoms with E-state index in [2.05, 4.69) is 5.32 Å². The van der Waals surface area contributed by atoms with E-state index in [1.807, 2.05) is 13.8 Å². The molecule has 96 valence electrons. The fraction of sp³-hybridized carbons (Fsp3) is 0.500. The number of rotatable bonds is 5. The van der Waals surface area contributed by atoms with Crippen LogP contribution >= 0.6 is 0 Å². The molecule has 17 heavy (non-hydrogen) atoms. The fourth-order valence-electron chi connectivity index (χ4n) is 1.63. The van der Waals surface area contributed by atoms with Crippen molar-refractivity contribution < 1.29 is 13.2 Å². The van der Waals surface area contributed by atoms with Crippen LogP contribution in [0.1, 0.15) is 18.1 Å². The maximum absolute atomic E-state index is 12.1. The van der Waals surface area contributed by atoms with Crippen LogP contribution in [0, 0.1) is 13.8 Å². The topological polar surface area (TPSA) is 55.4 Å². The molecule has 1 aromatic rings. The number of sulfone groups is 1. The Hall–Kier alpha value is -1.07. The van der Waals surface area contributed by atoms with Gasteiger partial charge in [-0.05, 0) is 43.7 Å². The van der Waals surface area contributed by atoms with Gasteiger partial charge in [-0.3, -0.25) is 0 Å². The van der Waals surface area contributed by atoms with Gasteiger partial charge in [0.2, 0.25) is 0 Å². The van der Waals surface area contributed by atoms with Gasteiger partial charge in [-0.25, -0.2) is 8.42 Å². The van der Waals surface area contributed by atoms with Crippen molar-refractivity contribution in [1.29, 1.82) is 0 Å². The van der Waals surface area contributed by atoms with Crippen molar-refractivity contribution in [3.05, 3.63) is 23.3 Å². The van der Waals surface area contributed by atoms with E-state index in [0.717, 1.165) is 5.56 Å². The summed E-state index contributed by atoms with van der Waals surface area (Å²) in [4.78, 5) is 0.372. The highest BCUT2D eigenvalue weighted by Crippen LogP contribution is 2.25. The van der Waals surface area contributed by atoms with E-state index in [4.69, 9.17) is 4.74 Å². The molecule has 1 aromatic carbocycles. The van der Waals surface area contributed by atoms with Crippen LogP contribution in [0.5, 0.6) is 5.75 Å². The summed E-state index contributed by atoms with van der Waals surface area (Å²) in [5.41, 5.74) is 1.54. The normalized spacial score (nSPS) is 11.5. The van der Waals surface area contributed by atoms with Gasteiger partial charge >= 0.3 is 0 Å². The molecule has 0 aromatic heterocycles. The average Bonchev–Trinajstić information content (AvgIpc) is 2.28. The van der Waals surface area contributed by atoms with Gasteiger partial charge in [-0.1, -0.05) is 6.92 Å². The summed E-state index contributed by atoms with van der Waals surface area (Å²) in [5.74, 6) is 0.681. The number of ether oxygens (including phenoxy) is 1. The molecule has 0 aliphatic heterocycles. The number of benzene rings is 1. The van der Waals surface area contributed by atoms with Gasteiger partial charge in [-0.15, -0.1) is 0 Å². The highest BCUT2D eigenvalue weighted by Gasteiger charge is 2.18. The first-order chi connectivity index (χ1) is 7.92. The van der Waals surface area contributed by atoms with Crippen molar-refractivity contribution in [3.63, 3.8) is 0 Å². The molecule has 0 saturated heterocycles. The molecule has 0 heterocycles. The van der Waals surface area contributed by atoms with E-state index < -0.39 is 9.84 Å². The lowest BCUT2D eigenvalue weighted by atomic mass is 10.1. The first kappa shape index (κ1) is 14.0. The largest absolute Gasteiger partial charge is 0.496 e. The quantitative estimate of drug-likeness (QED) is 0.871. The van der Waals surface area contributed by atoms with E-state index in [1.165, 1.54) is 0 Å². The third kappa shape index (κ3) is 3.20. The monoisotopic (exact) mass is 257 g/mol. The van der Waals surface area contributed by atoms with Crippen LogP contribution in [0.2, 0.25) is 0 Å². The molecule has 0 spiro atoms. The van der Waals surface area contributed by atoms with Crippen LogP contribution in [0.25, 0.3) is 0 Å². The third-order valence-electron chi connectivity index (χ3n) is 2.57. The van der Waals surface area contributed by atoms with Gasteiger partial charge in [0.1, 0.15) is 11.6 Å². The van der Waals surface area contributed by atoms with Crippen LogP contribution in [0.3, 0.4) is 0 Å². The molecular weight excluding hydrogens is 238 g/mol. The standard InChI is InChI=1S/C12H19NO3S/c1-5-13-8-17(14,15)12-7-9(2)11(16-4)6-10(12)3/h6-7,13H,5,8H2,1-4H3. The Labute approximate surface area is 103 Å². The van der Waals surface area contributed by atoms with Crippen molar-refractivity contribution in [1.82, 2.24) is 5.32 Å². The van der Waals surface area contributed by atoms with Crippen molar-refractivity contribution >= 4 is 9.84 Å². The van der Waals surface area contributed by atoms with Crippen molar-refractivity contribution in [3.8, 4) is 5.75 Å². The molecule has 0 aliphatic rings. The van der Waals surface area contributed by atoms with E-state index in [1.54, 1.807) is 26.2 Å². The van der Waals surface area contributed by atoms with Crippen LogP contribution in [0.15, 0.2) is 17.0 Å². The Morgan fingerprint density at radius 1 is 1.24 bits per heavy atom. The second-order valence-corrected chi connectivity index (χ2v) is 5.91. The van der Waals surface area contributed by atoms with Crippen molar-refractivity contribution in [2.75, 3.05) is 19.5 Å².